The van der Waals surface area contributed by atoms with Crippen LogP contribution in [0.2, 0.25) is 0 Å². The molecular formula is C16H24N2O2. The van der Waals surface area contributed by atoms with Gasteiger partial charge in [-0.2, -0.15) is 0 Å². The second-order valence-electron chi connectivity index (χ2n) is 6.48. The van der Waals surface area contributed by atoms with Gasteiger partial charge in [0.15, 0.2) is 0 Å². The van der Waals surface area contributed by atoms with Crippen molar-refractivity contribution >= 4 is 6.09 Å². The fraction of sp³-hybridized carbons (Fsp3) is 0.562. The summed E-state index contributed by atoms with van der Waals surface area (Å²) < 4.78 is 5.48. The SMILES string of the molecule is Cc1ccc([C@@H]2[C@@H](N)CCN2C(=O)OC(C)(C)C)cc1. The van der Waals surface area contributed by atoms with Crippen molar-refractivity contribution in [2.75, 3.05) is 6.54 Å². The molecule has 4 nitrogen and oxygen atoms in total. The van der Waals surface area contributed by atoms with Crippen LogP contribution in [0, 0.1) is 6.92 Å². The van der Waals surface area contributed by atoms with E-state index in [1.54, 1.807) is 4.90 Å². The molecule has 0 aliphatic carbocycles. The molecule has 1 amide bonds. The molecule has 0 radical (unpaired) electrons. The van der Waals surface area contributed by atoms with Gasteiger partial charge < -0.3 is 10.5 Å². The molecule has 110 valence electrons. The van der Waals surface area contributed by atoms with Crippen LogP contribution in [-0.4, -0.2) is 29.2 Å². The van der Waals surface area contributed by atoms with E-state index in [0.717, 1.165) is 12.0 Å². The van der Waals surface area contributed by atoms with Gasteiger partial charge in [-0.3, -0.25) is 4.90 Å². The first-order valence-corrected chi connectivity index (χ1v) is 7.10. The van der Waals surface area contributed by atoms with Gasteiger partial charge in [0.05, 0.1) is 6.04 Å². The highest BCUT2D eigenvalue weighted by molar-refractivity contribution is 5.69. The molecule has 1 saturated heterocycles. The molecule has 1 aromatic rings. The summed E-state index contributed by atoms with van der Waals surface area (Å²) in [4.78, 5) is 14.1. The van der Waals surface area contributed by atoms with E-state index in [-0.39, 0.29) is 18.2 Å². The number of aryl methyl sites for hydroxylation is 1. The number of hydrogen-bond donors (Lipinski definition) is 1. The van der Waals surface area contributed by atoms with Gasteiger partial charge in [0.1, 0.15) is 5.60 Å². The van der Waals surface area contributed by atoms with Crippen molar-refractivity contribution in [3.63, 3.8) is 0 Å². The third-order valence-electron chi connectivity index (χ3n) is 3.49. The van der Waals surface area contributed by atoms with Gasteiger partial charge in [-0.15, -0.1) is 0 Å². The van der Waals surface area contributed by atoms with Crippen LogP contribution in [0.25, 0.3) is 0 Å². The number of nitrogens with zero attached hydrogens (tertiary/aromatic N) is 1. The third kappa shape index (κ3) is 3.31. The highest BCUT2D eigenvalue weighted by atomic mass is 16.6. The van der Waals surface area contributed by atoms with Crippen LogP contribution in [0.15, 0.2) is 24.3 Å². The van der Waals surface area contributed by atoms with Crippen molar-refractivity contribution in [1.82, 2.24) is 4.90 Å². The molecule has 1 aliphatic rings. The van der Waals surface area contributed by atoms with Crippen LogP contribution in [0.1, 0.15) is 44.4 Å². The van der Waals surface area contributed by atoms with Crippen LogP contribution in [0.3, 0.4) is 0 Å². The lowest BCUT2D eigenvalue weighted by Gasteiger charge is -2.30. The first kappa shape index (κ1) is 14.9. The summed E-state index contributed by atoms with van der Waals surface area (Å²) in [6.07, 6.45) is 0.522. The topological polar surface area (TPSA) is 55.6 Å². The minimum Gasteiger partial charge on any atom is -0.444 e. The Bertz CT molecular complexity index is 476. The molecule has 1 heterocycles. The lowest BCUT2D eigenvalue weighted by Crippen LogP contribution is -2.39. The predicted molar refractivity (Wildman–Crippen MR) is 79.5 cm³/mol. The molecule has 2 atom stereocenters. The Kier molecular flexibility index (Phi) is 4.04. The van der Waals surface area contributed by atoms with Crippen LogP contribution in [0.5, 0.6) is 0 Å². The molecule has 0 unspecified atom stereocenters. The smallest absolute Gasteiger partial charge is 0.410 e. The number of nitrogens with two attached hydrogens (primary N) is 1. The summed E-state index contributed by atoms with van der Waals surface area (Å²) in [5, 5.41) is 0. The quantitative estimate of drug-likeness (QED) is 0.858. The Morgan fingerprint density at radius 1 is 1.30 bits per heavy atom. The van der Waals surface area contributed by atoms with Gasteiger partial charge >= 0.3 is 6.09 Å². The Hall–Kier alpha value is -1.55. The molecule has 2 N–H and O–H groups in total. The molecule has 1 fully saturated rings. The zero-order valence-electron chi connectivity index (χ0n) is 12.7. The summed E-state index contributed by atoms with van der Waals surface area (Å²) in [7, 11) is 0. The number of likely N-dealkylation sites (tertiary alicyclic amines) is 1. The molecule has 0 bridgehead atoms. The lowest BCUT2D eigenvalue weighted by molar-refractivity contribution is 0.0218. The van der Waals surface area contributed by atoms with E-state index in [1.165, 1.54) is 5.56 Å². The van der Waals surface area contributed by atoms with Gasteiger partial charge in [-0.05, 0) is 39.7 Å². The van der Waals surface area contributed by atoms with E-state index in [1.807, 2.05) is 52.0 Å². The third-order valence-corrected chi connectivity index (χ3v) is 3.49. The standard InChI is InChI=1S/C16H24N2O2/c1-11-5-7-12(8-6-11)14-13(17)9-10-18(14)15(19)20-16(2,3)4/h5-8,13-14H,9-10,17H2,1-4H3/t13-,14+/m0/s1. The summed E-state index contributed by atoms with van der Waals surface area (Å²) in [6, 6.07) is 8.06. The maximum absolute atomic E-state index is 12.3. The molecule has 0 saturated carbocycles. The number of hydrogen-bond acceptors (Lipinski definition) is 3. The van der Waals surface area contributed by atoms with Crippen LogP contribution >= 0.6 is 0 Å². The van der Waals surface area contributed by atoms with Crippen molar-refractivity contribution in [2.45, 2.75) is 51.8 Å². The number of amides is 1. The van der Waals surface area contributed by atoms with Crippen molar-refractivity contribution < 1.29 is 9.53 Å². The highest BCUT2D eigenvalue weighted by Crippen LogP contribution is 2.32. The average Bonchev–Trinajstić information content (AvgIpc) is 2.70. The number of carbonyl (C=O) groups is 1. The van der Waals surface area contributed by atoms with Crippen molar-refractivity contribution in [2.24, 2.45) is 5.73 Å². The molecular weight excluding hydrogens is 252 g/mol. The Morgan fingerprint density at radius 3 is 2.45 bits per heavy atom. The predicted octanol–water partition coefficient (Wildman–Crippen LogP) is 3.00. The maximum Gasteiger partial charge on any atom is 0.410 e. The molecule has 4 heteroatoms. The number of carbonyl (C=O) groups excluding carboxylic acids is 1. The largest absolute Gasteiger partial charge is 0.444 e. The number of rotatable bonds is 1. The first-order valence-electron chi connectivity index (χ1n) is 7.10. The fourth-order valence-electron chi connectivity index (χ4n) is 2.53. The molecule has 2 rings (SSSR count). The second kappa shape index (κ2) is 5.44. The minimum atomic E-state index is -0.485. The monoisotopic (exact) mass is 276 g/mol. The molecule has 1 aliphatic heterocycles. The van der Waals surface area contributed by atoms with E-state index in [0.29, 0.717) is 6.54 Å². The van der Waals surface area contributed by atoms with Crippen molar-refractivity contribution in [3.05, 3.63) is 35.4 Å². The van der Waals surface area contributed by atoms with Crippen LogP contribution in [0.4, 0.5) is 4.79 Å². The lowest BCUT2D eigenvalue weighted by atomic mass is 10.00. The Morgan fingerprint density at radius 2 is 1.90 bits per heavy atom. The maximum atomic E-state index is 12.3. The molecule has 0 spiro atoms. The average molecular weight is 276 g/mol. The zero-order chi connectivity index (χ0) is 14.9. The van der Waals surface area contributed by atoms with Crippen LogP contribution < -0.4 is 5.73 Å². The summed E-state index contributed by atoms with van der Waals surface area (Å²) in [5.74, 6) is 0. The molecule has 20 heavy (non-hydrogen) atoms. The normalized spacial score (nSPS) is 22.9. The van der Waals surface area contributed by atoms with E-state index in [4.69, 9.17) is 10.5 Å². The number of ether oxygens (including phenoxy) is 1. The first-order chi connectivity index (χ1) is 9.28. The summed E-state index contributed by atoms with van der Waals surface area (Å²) >= 11 is 0. The van der Waals surface area contributed by atoms with E-state index in [2.05, 4.69) is 0 Å². The number of benzene rings is 1. The van der Waals surface area contributed by atoms with Gasteiger partial charge in [-0.1, -0.05) is 29.8 Å². The molecule has 0 aromatic heterocycles. The minimum absolute atomic E-state index is 0.0368. The highest BCUT2D eigenvalue weighted by Gasteiger charge is 2.38. The second-order valence-corrected chi connectivity index (χ2v) is 6.48. The van der Waals surface area contributed by atoms with Crippen molar-refractivity contribution in [1.29, 1.82) is 0 Å². The van der Waals surface area contributed by atoms with Crippen LogP contribution in [-0.2, 0) is 4.74 Å². The zero-order valence-corrected chi connectivity index (χ0v) is 12.7. The van der Waals surface area contributed by atoms with Gasteiger partial charge in [0.2, 0.25) is 0 Å². The van der Waals surface area contributed by atoms with E-state index >= 15 is 0 Å². The van der Waals surface area contributed by atoms with E-state index in [9.17, 15) is 4.79 Å². The summed E-state index contributed by atoms with van der Waals surface area (Å²) in [5.41, 5.74) is 7.98. The van der Waals surface area contributed by atoms with Gasteiger partial charge in [-0.25, -0.2) is 4.79 Å². The summed E-state index contributed by atoms with van der Waals surface area (Å²) in [6.45, 7) is 8.32. The van der Waals surface area contributed by atoms with Gasteiger partial charge in [0.25, 0.3) is 0 Å². The molecule has 1 aromatic carbocycles. The Labute approximate surface area is 120 Å². The van der Waals surface area contributed by atoms with E-state index < -0.39 is 5.60 Å². The van der Waals surface area contributed by atoms with Gasteiger partial charge in [0, 0.05) is 12.6 Å². The van der Waals surface area contributed by atoms with Crippen molar-refractivity contribution in [3.8, 4) is 0 Å². The fourth-order valence-corrected chi connectivity index (χ4v) is 2.53. The Balaban J connectivity index is 2.20.